The van der Waals surface area contributed by atoms with E-state index in [2.05, 4.69) is 11.8 Å². The first kappa shape index (κ1) is 21.0. The van der Waals surface area contributed by atoms with Crippen LogP contribution in [0.5, 0.6) is 0 Å². The lowest BCUT2D eigenvalue weighted by Crippen LogP contribution is -2.35. The molecular weight excluding hydrogens is 398 g/mol. The third-order valence-corrected chi connectivity index (χ3v) is 6.82. The Kier molecular flexibility index (Phi) is 6.21. The van der Waals surface area contributed by atoms with Crippen molar-refractivity contribution in [1.82, 2.24) is 4.90 Å². The van der Waals surface area contributed by atoms with Gasteiger partial charge in [0.15, 0.2) is 0 Å². The second-order valence-corrected chi connectivity index (χ2v) is 8.85. The van der Waals surface area contributed by atoms with Gasteiger partial charge in [-0.05, 0) is 62.9 Å². The van der Waals surface area contributed by atoms with Crippen molar-refractivity contribution in [3.05, 3.63) is 40.4 Å². The van der Waals surface area contributed by atoms with Gasteiger partial charge in [0.2, 0.25) is 5.91 Å². The second kappa shape index (κ2) is 8.86. The Hall–Kier alpha value is -2.24. The molecular formula is C24H30ClN3O2. The van der Waals surface area contributed by atoms with E-state index in [4.69, 9.17) is 27.5 Å². The lowest BCUT2D eigenvalue weighted by Gasteiger charge is -2.32. The average molecular weight is 428 g/mol. The molecule has 1 fully saturated rings. The molecule has 30 heavy (non-hydrogen) atoms. The molecule has 3 aromatic rings. The van der Waals surface area contributed by atoms with Crippen molar-refractivity contribution in [1.29, 1.82) is 0 Å². The summed E-state index contributed by atoms with van der Waals surface area (Å²) in [6, 6.07) is 7.73. The summed E-state index contributed by atoms with van der Waals surface area (Å²) < 4.78 is 6.16. The predicted octanol–water partition coefficient (Wildman–Crippen LogP) is 4.90. The number of furan rings is 1. The number of para-hydroxylation sites is 1. The highest BCUT2D eigenvalue weighted by Crippen LogP contribution is 2.43. The highest BCUT2D eigenvalue weighted by molar-refractivity contribution is 6.37. The third kappa shape index (κ3) is 4.01. The number of carbonyl (C=O) groups excluding carboxylic acids is 1. The monoisotopic (exact) mass is 427 g/mol. The van der Waals surface area contributed by atoms with E-state index >= 15 is 0 Å². The van der Waals surface area contributed by atoms with Crippen LogP contribution in [0.1, 0.15) is 43.7 Å². The van der Waals surface area contributed by atoms with Crippen molar-refractivity contribution >= 4 is 45.1 Å². The summed E-state index contributed by atoms with van der Waals surface area (Å²) in [6.45, 7) is 5.62. The Balaban J connectivity index is 1.71. The van der Waals surface area contributed by atoms with Crippen LogP contribution in [0, 0.1) is 5.92 Å². The predicted molar refractivity (Wildman–Crippen MR) is 124 cm³/mol. The first-order valence-electron chi connectivity index (χ1n) is 10.9. The molecule has 0 bridgehead atoms. The summed E-state index contributed by atoms with van der Waals surface area (Å²) in [7, 11) is 0. The van der Waals surface area contributed by atoms with Crippen LogP contribution in [-0.2, 0) is 17.6 Å². The van der Waals surface area contributed by atoms with Gasteiger partial charge in [0.05, 0.1) is 22.5 Å². The van der Waals surface area contributed by atoms with Crippen molar-refractivity contribution < 1.29 is 9.21 Å². The summed E-state index contributed by atoms with van der Waals surface area (Å²) >= 11 is 6.81. The van der Waals surface area contributed by atoms with Gasteiger partial charge < -0.3 is 20.8 Å². The number of nitrogen functional groups attached to an aromatic ring is 1. The van der Waals surface area contributed by atoms with E-state index in [-0.39, 0.29) is 6.42 Å². The minimum absolute atomic E-state index is 0.0982. The third-order valence-electron chi connectivity index (χ3n) is 6.38. The molecule has 160 valence electrons. The largest absolute Gasteiger partial charge is 0.456 e. The van der Waals surface area contributed by atoms with Gasteiger partial charge in [-0.25, -0.2) is 0 Å². The molecule has 2 heterocycles. The van der Waals surface area contributed by atoms with E-state index in [1.165, 1.54) is 19.4 Å². The van der Waals surface area contributed by atoms with Crippen LogP contribution in [0.15, 0.2) is 28.7 Å². The highest BCUT2D eigenvalue weighted by atomic mass is 35.5. The molecule has 0 spiro atoms. The highest BCUT2D eigenvalue weighted by Gasteiger charge is 2.26. The molecule has 5 nitrogen and oxygen atoms in total. The van der Waals surface area contributed by atoms with E-state index in [9.17, 15) is 4.79 Å². The number of likely N-dealkylation sites (tertiary alicyclic amines) is 1. The number of nitrogens with zero attached hydrogens (tertiary/aromatic N) is 1. The van der Waals surface area contributed by atoms with E-state index in [1.807, 2.05) is 24.3 Å². The number of primary amides is 1. The number of amides is 1. The number of hydrogen-bond donors (Lipinski definition) is 2. The van der Waals surface area contributed by atoms with Gasteiger partial charge in [-0.1, -0.05) is 43.1 Å². The topological polar surface area (TPSA) is 85.5 Å². The zero-order valence-corrected chi connectivity index (χ0v) is 18.3. The van der Waals surface area contributed by atoms with Crippen LogP contribution in [-0.4, -0.2) is 30.4 Å². The van der Waals surface area contributed by atoms with Crippen molar-refractivity contribution in [3.8, 4) is 0 Å². The van der Waals surface area contributed by atoms with Gasteiger partial charge in [0.25, 0.3) is 0 Å². The van der Waals surface area contributed by atoms with Gasteiger partial charge in [0.1, 0.15) is 11.2 Å². The van der Waals surface area contributed by atoms with Gasteiger partial charge >= 0.3 is 0 Å². The van der Waals surface area contributed by atoms with Crippen molar-refractivity contribution in [2.45, 2.75) is 45.4 Å². The number of carbonyl (C=O) groups is 1. The molecule has 0 saturated carbocycles. The van der Waals surface area contributed by atoms with Gasteiger partial charge in [-0.15, -0.1) is 0 Å². The van der Waals surface area contributed by atoms with Crippen LogP contribution in [0.25, 0.3) is 21.9 Å². The molecule has 1 amide bonds. The molecule has 4 rings (SSSR count). The van der Waals surface area contributed by atoms with Crippen LogP contribution in [0.2, 0.25) is 5.02 Å². The first-order chi connectivity index (χ1) is 14.5. The number of rotatable bonds is 7. The fourth-order valence-corrected chi connectivity index (χ4v) is 5.01. The Labute approximate surface area is 182 Å². The second-order valence-electron chi connectivity index (χ2n) is 8.47. The Morgan fingerprint density at radius 2 is 1.97 bits per heavy atom. The van der Waals surface area contributed by atoms with Crippen molar-refractivity contribution in [2.24, 2.45) is 11.7 Å². The van der Waals surface area contributed by atoms with Crippen LogP contribution in [0.3, 0.4) is 0 Å². The summed E-state index contributed by atoms with van der Waals surface area (Å²) in [5, 5.41) is 2.23. The van der Waals surface area contributed by atoms with Crippen molar-refractivity contribution in [2.75, 3.05) is 25.4 Å². The molecule has 0 unspecified atom stereocenters. The fourth-order valence-electron chi connectivity index (χ4n) is 4.73. The van der Waals surface area contributed by atoms with Gasteiger partial charge in [-0.2, -0.15) is 0 Å². The number of benzene rings is 2. The van der Waals surface area contributed by atoms with Crippen LogP contribution < -0.4 is 11.5 Å². The first-order valence-corrected chi connectivity index (χ1v) is 11.3. The SMILES string of the molecule is CCCCN1CCC(Cc2c(Cl)c(N)c3c(oc4ccccc43)c2CC(N)=O)CC1. The summed E-state index contributed by atoms with van der Waals surface area (Å²) in [6.07, 6.45) is 5.60. The molecule has 0 atom stereocenters. The smallest absolute Gasteiger partial charge is 0.221 e. The summed E-state index contributed by atoms with van der Waals surface area (Å²) in [4.78, 5) is 14.5. The lowest BCUT2D eigenvalue weighted by molar-refractivity contribution is -0.117. The molecule has 6 heteroatoms. The van der Waals surface area contributed by atoms with E-state index in [1.54, 1.807) is 0 Å². The summed E-state index contributed by atoms with van der Waals surface area (Å²) in [5.74, 6) is 0.112. The number of nitrogens with two attached hydrogens (primary N) is 2. The number of hydrogen-bond acceptors (Lipinski definition) is 4. The fraction of sp³-hybridized carbons (Fsp3) is 0.458. The number of piperidine rings is 1. The van der Waals surface area contributed by atoms with Gasteiger partial charge in [0, 0.05) is 10.9 Å². The Morgan fingerprint density at radius 3 is 2.67 bits per heavy atom. The van der Waals surface area contributed by atoms with Crippen LogP contribution >= 0.6 is 11.6 Å². The Bertz CT molecular complexity index is 1070. The molecule has 1 aromatic heterocycles. The van der Waals surface area contributed by atoms with E-state index < -0.39 is 5.91 Å². The molecule has 4 N–H and O–H groups in total. The quantitative estimate of drug-likeness (QED) is 0.525. The van der Waals surface area contributed by atoms with Crippen molar-refractivity contribution in [3.63, 3.8) is 0 Å². The minimum atomic E-state index is -0.395. The molecule has 1 aliphatic heterocycles. The van der Waals surface area contributed by atoms with E-state index in [0.717, 1.165) is 59.8 Å². The van der Waals surface area contributed by atoms with Gasteiger partial charge in [-0.3, -0.25) is 4.79 Å². The Morgan fingerprint density at radius 1 is 1.23 bits per heavy atom. The minimum Gasteiger partial charge on any atom is -0.456 e. The average Bonchev–Trinajstić information content (AvgIpc) is 3.13. The molecule has 0 radical (unpaired) electrons. The molecule has 1 saturated heterocycles. The number of unbranched alkanes of at least 4 members (excludes halogenated alkanes) is 1. The lowest BCUT2D eigenvalue weighted by atomic mass is 9.86. The molecule has 2 aromatic carbocycles. The zero-order valence-electron chi connectivity index (χ0n) is 17.5. The maximum Gasteiger partial charge on any atom is 0.221 e. The normalized spacial score (nSPS) is 15.9. The summed E-state index contributed by atoms with van der Waals surface area (Å²) in [5.41, 5.74) is 15.7. The standard InChI is InChI=1S/C24H30ClN3O2/c1-2-3-10-28-11-8-15(9-12-28)13-17-18(14-20(26)29)24-21(23(27)22(17)25)16-6-4-5-7-19(16)30-24/h4-7,15H,2-3,8-14,27H2,1H3,(H2,26,29). The maximum absolute atomic E-state index is 11.9. The molecule has 0 aliphatic carbocycles. The molecule has 1 aliphatic rings. The number of anilines is 1. The van der Waals surface area contributed by atoms with Crippen LogP contribution in [0.4, 0.5) is 5.69 Å². The number of halogens is 1. The zero-order chi connectivity index (χ0) is 21.3. The number of fused-ring (bicyclic) bond motifs is 3. The van der Waals surface area contributed by atoms with E-state index in [0.29, 0.717) is 22.2 Å². The maximum atomic E-state index is 11.9.